The molecule has 14 unspecified atom stereocenters. The third-order valence-electron chi connectivity index (χ3n) is 14.4. The van der Waals surface area contributed by atoms with Crippen molar-refractivity contribution in [1.82, 2.24) is 4.90 Å². The molecular weight excluding hydrogens is 807 g/mol. The highest BCUT2D eigenvalue weighted by Gasteiger charge is 2.56. The molecule has 2 saturated heterocycles. The van der Waals surface area contributed by atoms with Gasteiger partial charge >= 0.3 is 5.97 Å². The predicted octanol–water partition coefficient (Wildman–Crippen LogP) is 6.52. The molecule has 1 saturated carbocycles. The number of piperidine rings is 1. The van der Waals surface area contributed by atoms with Crippen molar-refractivity contribution in [1.29, 1.82) is 0 Å². The number of allylic oxidation sites excluding steroid dienone is 3. The molecule has 4 aliphatic rings. The van der Waals surface area contributed by atoms with Crippen LogP contribution in [-0.2, 0) is 38.1 Å². The number of methoxy groups -OCH3 is 2. The molecule has 2 bridgehead atoms. The van der Waals surface area contributed by atoms with E-state index in [0.717, 1.165) is 16.7 Å². The lowest BCUT2D eigenvalue weighted by molar-refractivity contribution is -0.302. The number of benzene rings is 1. The largest absolute Gasteiger partial charge is 0.488 e. The summed E-state index contributed by atoms with van der Waals surface area (Å²) >= 11 is 0. The van der Waals surface area contributed by atoms with E-state index in [1.165, 1.54) is 19.1 Å². The highest BCUT2D eigenvalue weighted by Crippen LogP contribution is 2.39. The van der Waals surface area contributed by atoms with Gasteiger partial charge in [0.05, 0.1) is 24.4 Å². The van der Waals surface area contributed by atoms with E-state index in [-0.39, 0.29) is 43.4 Å². The van der Waals surface area contributed by atoms with Gasteiger partial charge < -0.3 is 43.9 Å². The number of nitrogens with zero attached hydrogens (tertiary/aromatic N) is 1. The number of aryl methyl sites for hydroxylation is 2. The second-order valence-corrected chi connectivity index (χ2v) is 19.3. The van der Waals surface area contributed by atoms with Gasteiger partial charge in [-0.1, -0.05) is 51.5 Å². The van der Waals surface area contributed by atoms with Gasteiger partial charge in [-0.2, -0.15) is 0 Å². The fourth-order valence-electron chi connectivity index (χ4n) is 10.2. The summed E-state index contributed by atoms with van der Waals surface area (Å²) in [4.78, 5) is 58.3. The van der Waals surface area contributed by atoms with Crippen molar-refractivity contribution >= 4 is 23.4 Å². The summed E-state index contributed by atoms with van der Waals surface area (Å²) in [6.45, 7) is 15.3. The number of ether oxygens (including phenoxy) is 5. The van der Waals surface area contributed by atoms with Crippen LogP contribution in [0, 0.1) is 43.4 Å². The van der Waals surface area contributed by atoms with Crippen LogP contribution in [0.2, 0.25) is 0 Å². The molecule has 0 radical (unpaired) electrons. The third-order valence-corrected chi connectivity index (χ3v) is 14.4. The monoisotopic (exact) mass is 882 g/mol. The van der Waals surface area contributed by atoms with Crippen molar-refractivity contribution in [3.63, 3.8) is 0 Å². The number of hydrogen-bond donors (Lipinski definition) is 3. The number of aliphatic hydroxyl groups excluding tert-OH is 2. The van der Waals surface area contributed by atoms with Crippen LogP contribution >= 0.6 is 0 Å². The molecule has 1 amide bonds. The first-order valence-electron chi connectivity index (χ1n) is 23.3. The number of ketones is 2. The fraction of sp³-hybridized carbons (Fsp3) is 0.720. The van der Waals surface area contributed by atoms with Gasteiger partial charge in [-0.15, -0.1) is 0 Å². The van der Waals surface area contributed by atoms with Crippen molar-refractivity contribution in [3.8, 4) is 5.75 Å². The van der Waals surface area contributed by atoms with Gasteiger partial charge in [-0.05, 0) is 133 Å². The Balaban J connectivity index is 1.50. The van der Waals surface area contributed by atoms with Crippen molar-refractivity contribution in [2.45, 2.75) is 181 Å². The highest BCUT2D eigenvalue weighted by molar-refractivity contribution is 6.39. The van der Waals surface area contributed by atoms with E-state index in [4.69, 9.17) is 23.7 Å². The van der Waals surface area contributed by atoms with Crippen LogP contribution in [0.15, 0.2) is 41.5 Å². The van der Waals surface area contributed by atoms with Crippen LogP contribution in [-0.4, -0.2) is 119 Å². The van der Waals surface area contributed by atoms with E-state index >= 15 is 0 Å². The molecule has 3 fully saturated rings. The van der Waals surface area contributed by atoms with Crippen molar-refractivity contribution in [3.05, 3.63) is 52.6 Å². The maximum Gasteiger partial charge on any atom is 0.329 e. The number of carbonyl (C=O) groups excluding carboxylic acids is 4. The lowest BCUT2D eigenvalue weighted by atomic mass is 9.81. The molecule has 13 nitrogen and oxygen atoms in total. The Morgan fingerprint density at radius 2 is 1.59 bits per heavy atom. The second-order valence-electron chi connectivity index (χ2n) is 19.3. The van der Waals surface area contributed by atoms with E-state index in [1.54, 1.807) is 13.8 Å². The normalized spacial score (nSPS) is 37.3. The molecule has 3 aliphatic heterocycles. The summed E-state index contributed by atoms with van der Waals surface area (Å²) in [5.41, 5.74) is 3.87. The molecule has 352 valence electrons. The average molecular weight is 882 g/mol. The van der Waals surface area contributed by atoms with E-state index in [0.29, 0.717) is 62.7 Å². The number of rotatable bonds is 7. The number of hydrogen-bond acceptors (Lipinski definition) is 12. The van der Waals surface area contributed by atoms with Gasteiger partial charge in [-0.25, -0.2) is 4.79 Å². The van der Waals surface area contributed by atoms with Crippen molar-refractivity contribution in [2.24, 2.45) is 29.6 Å². The lowest BCUT2D eigenvalue weighted by Gasteiger charge is -2.47. The molecule has 0 spiro atoms. The van der Waals surface area contributed by atoms with Gasteiger partial charge in [0.1, 0.15) is 35.9 Å². The zero-order valence-corrected chi connectivity index (χ0v) is 39.3. The van der Waals surface area contributed by atoms with Gasteiger partial charge in [0.15, 0.2) is 0 Å². The smallest absolute Gasteiger partial charge is 0.329 e. The van der Waals surface area contributed by atoms with Gasteiger partial charge in [0.2, 0.25) is 5.79 Å². The number of carbonyl (C=O) groups is 4. The topological polar surface area (TPSA) is 178 Å². The van der Waals surface area contributed by atoms with Gasteiger partial charge in [0.25, 0.3) is 11.7 Å². The van der Waals surface area contributed by atoms with Crippen LogP contribution in [0.1, 0.15) is 123 Å². The number of cyclic esters (lactones) is 1. The minimum absolute atomic E-state index is 0.0262. The van der Waals surface area contributed by atoms with Crippen molar-refractivity contribution in [2.75, 3.05) is 20.8 Å². The number of fused-ring (bicyclic) bond motifs is 3. The Kier molecular flexibility index (Phi) is 17.8. The Bertz CT molecular complexity index is 1830. The molecule has 14 atom stereocenters. The van der Waals surface area contributed by atoms with Crippen molar-refractivity contribution < 1.29 is 58.2 Å². The molecule has 1 aromatic rings. The first kappa shape index (κ1) is 50.5. The molecule has 3 N–H and O–H groups in total. The zero-order valence-electron chi connectivity index (χ0n) is 39.3. The van der Waals surface area contributed by atoms with E-state index in [1.807, 2.05) is 65.0 Å². The van der Waals surface area contributed by atoms with E-state index < -0.39 is 90.0 Å². The van der Waals surface area contributed by atoms with E-state index in [2.05, 4.69) is 6.92 Å². The maximum absolute atomic E-state index is 14.5. The second kappa shape index (κ2) is 22.2. The quantitative estimate of drug-likeness (QED) is 0.154. The summed E-state index contributed by atoms with van der Waals surface area (Å²) < 4.78 is 30.7. The molecule has 1 aromatic carbocycles. The van der Waals surface area contributed by atoms with Crippen LogP contribution < -0.4 is 4.74 Å². The van der Waals surface area contributed by atoms with Crippen LogP contribution in [0.5, 0.6) is 5.75 Å². The Labute approximate surface area is 374 Å². The zero-order chi connectivity index (χ0) is 46.3. The van der Waals surface area contributed by atoms with Crippen LogP contribution in [0.25, 0.3) is 0 Å². The lowest BCUT2D eigenvalue weighted by Crippen LogP contribution is -2.64. The molecule has 1 aliphatic carbocycles. The summed E-state index contributed by atoms with van der Waals surface area (Å²) in [7, 11) is 3.07. The highest BCUT2D eigenvalue weighted by atomic mass is 16.7. The SMILES string of the molecule is CCC1C=C(C)CC(C)CC(OC)C2OC(O)(C(=O)C(=O)N3CCCCC3C(=O)OC(C(C)=CC3CCC(O)C(Oc4ccc(C)c(C)c4)C3)C(C)C(O)CC1=O)C(C)CC2OC. The van der Waals surface area contributed by atoms with E-state index in [9.17, 15) is 34.5 Å². The number of Topliss-reactive ketones (excluding diaryl/α,β-unsaturated/α-hetero) is 2. The van der Waals surface area contributed by atoms with Gasteiger partial charge in [-0.3, -0.25) is 14.4 Å². The summed E-state index contributed by atoms with van der Waals surface area (Å²) in [6, 6.07) is 4.70. The maximum atomic E-state index is 14.5. The fourth-order valence-corrected chi connectivity index (χ4v) is 10.2. The van der Waals surface area contributed by atoms with Crippen LogP contribution in [0.3, 0.4) is 0 Å². The number of esters is 1. The number of aliphatic hydroxyl groups is 3. The average Bonchev–Trinajstić information content (AvgIpc) is 3.25. The summed E-state index contributed by atoms with van der Waals surface area (Å²) in [5.74, 6) is -6.99. The summed E-state index contributed by atoms with van der Waals surface area (Å²) in [5, 5.41) is 34.9. The minimum atomic E-state index is -2.51. The number of amides is 1. The van der Waals surface area contributed by atoms with Gasteiger partial charge in [0, 0.05) is 44.9 Å². The Morgan fingerprint density at radius 1 is 0.889 bits per heavy atom. The Hall–Kier alpha value is -3.46. The molecule has 3 heterocycles. The third kappa shape index (κ3) is 12.1. The molecular formula is C50H75NO12. The minimum Gasteiger partial charge on any atom is -0.488 e. The standard InChI is InChI=1S/C50H75NO12/c1-11-36-21-28(2)20-29(3)22-43(59-9)46-44(60-10)25-33(7)50(58,63-46)47(55)48(56)51-19-13-12-14-38(51)49(57)62-45(34(8)40(53)27-41(36)54)32(6)23-35-16-18-39(52)42(26-35)61-37-17-15-30(4)31(5)24-37/h15,17,21,23-24,29,33-36,38-40,42-46,52-53,58H,11-14,16,18-20,22,25-27H2,1-10H3. The first-order chi connectivity index (χ1) is 29.8. The molecule has 13 heteroatoms. The first-order valence-corrected chi connectivity index (χ1v) is 23.3. The summed E-state index contributed by atoms with van der Waals surface area (Å²) in [6.07, 6.45) is 3.23. The molecule has 0 aromatic heterocycles. The van der Waals surface area contributed by atoms with Crippen LogP contribution in [0.4, 0.5) is 0 Å². The predicted molar refractivity (Wildman–Crippen MR) is 238 cm³/mol. The molecule has 5 rings (SSSR count). The Morgan fingerprint density at radius 3 is 2.25 bits per heavy atom. The molecule has 63 heavy (non-hydrogen) atoms.